The quantitative estimate of drug-likeness (QED) is 0.185. The van der Waals surface area contributed by atoms with Crippen LogP contribution >= 0.6 is 116 Å². The molecule has 0 atom stereocenters. The van der Waals surface area contributed by atoms with Gasteiger partial charge in [-0.2, -0.15) is 0 Å². The third kappa shape index (κ3) is 6.09. The molecule has 0 spiro atoms. The normalized spacial score (nSPS) is 10.0. The molecule has 0 bridgehead atoms. The summed E-state index contributed by atoms with van der Waals surface area (Å²) in [6, 6.07) is 0. The van der Waals surface area contributed by atoms with Gasteiger partial charge in [0.25, 0.3) is 0 Å². The van der Waals surface area contributed by atoms with Crippen LogP contribution in [0.5, 0.6) is 11.5 Å². The van der Waals surface area contributed by atoms with E-state index in [2.05, 4.69) is 0 Å². The van der Waals surface area contributed by atoms with Gasteiger partial charge in [0, 0.05) is 0 Å². The van der Waals surface area contributed by atoms with E-state index in [4.69, 9.17) is 116 Å². The van der Waals surface area contributed by atoms with Crippen molar-refractivity contribution in [2.75, 3.05) is 0 Å². The molecule has 0 fully saturated rings. The molecule has 0 radical (unpaired) electrons. The van der Waals surface area contributed by atoms with E-state index in [0.29, 0.717) is 0 Å². The summed E-state index contributed by atoms with van der Waals surface area (Å²) in [5.74, 6) is -1.23. The Morgan fingerprint density at radius 1 is 0.320 bits per heavy atom. The van der Waals surface area contributed by atoms with E-state index in [0.717, 1.165) is 0 Å². The fourth-order valence-corrected chi connectivity index (χ4v) is 3.41. The summed E-state index contributed by atoms with van der Waals surface area (Å²) in [6.45, 7) is 0. The molecule has 13 heteroatoms. The molecule has 2 aromatic carbocycles. The minimum atomic E-state index is -0.613. The van der Waals surface area contributed by atoms with Gasteiger partial charge in [-0.15, -0.1) is 0 Å². The number of benzene rings is 2. The first-order valence-corrected chi connectivity index (χ1v) is 9.08. The monoisotopic (exact) mass is 566 g/mol. The number of hydrogen-bond donors (Lipinski definition) is 0. The van der Waals surface area contributed by atoms with Crippen LogP contribution in [0.15, 0.2) is 0 Å². The first kappa shape index (κ1) is 27.2. The Kier molecular flexibility index (Phi) is 12.4. The summed E-state index contributed by atoms with van der Waals surface area (Å²) < 4.78 is 0. The molecule has 0 unspecified atom stereocenters. The van der Waals surface area contributed by atoms with Gasteiger partial charge in [-0.25, -0.2) is 0 Å². The molecule has 25 heavy (non-hydrogen) atoms. The molecule has 2 rings (SSSR count). The average molecular weight is 571 g/mol. The van der Waals surface area contributed by atoms with Crippen molar-refractivity contribution >= 4 is 154 Å². The van der Waals surface area contributed by atoms with Crippen molar-refractivity contribution in [3.8, 4) is 11.5 Å². The van der Waals surface area contributed by atoms with Crippen molar-refractivity contribution in [3.63, 3.8) is 0 Å². The summed E-state index contributed by atoms with van der Waals surface area (Å²) >= 11 is 55.3. The number of halogens is 10. The maximum atomic E-state index is 11.1. The molecule has 0 heterocycles. The molecule has 0 aliphatic carbocycles. The first-order valence-electron chi connectivity index (χ1n) is 5.30. The van der Waals surface area contributed by atoms with Gasteiger partial charge in [0.15, 0.2) is 0 Å². The molecule has 0 aliphatic heterocycles. The summed E-state index contributed by atoms with van der Waals surface area (Å²) in [5, 5.41) is 21.0. The van der Waals surface area contributed by atoms with E-state index in [1.165, 1.54) is 0 Å². The molecule has 0 N–H and O–H groups in total. The Morgan fingerprint density at radius 2 is 0.440 bits per heavy atom. The van der Waals surface area contributed by atoms with Crippen molar-refractivity contribution in [1.82, 2.24) is 0 Å². The molecule has 0 amide bonds. The molecule has 2 aromatic rings. The molecule has 132 valence electrons. The predicted molar refractivity (Wildman–Crippen MR) is 108 cm³/mol. The summed E-state index contributed by atoms with van der Waals surface area (Å²) in [5.41, 5.74) is 0. The fraction of sp³-hybridized carbons (Fsp3) is 0. The first-order chi connectivity index (χ1) is 10.9. The smallest absolute Gasteiger partial charge is 0.870 e. The second-order valence-corrected chi connectivity index (χ2v) is 7.58. The van der Waals surface area contributed by atoms with E-state index >= 15 is 0 Å². The van der Waals surface area contributed by atoms with Crippen LogP contribution in [0.3, 0.4) is 0 Å². The zero-order valence-corrected chi connectivity index (χ0v) is 21.1. The van der Waals surface area contributed by atoms with E-state index in [-0.39, 0.29) is 88.0 Å². The Morgan fingerprint density at radius 3 is 0.600 bits per heavy atom. The van der Waals surface area contributed by atoms with Gasteiger partial charge in [0.2, 0.25) is 0 Å². The zero-order valence-electron chi connectivity index (χ0n) is 11.3. The van der Waals surface area contributed by atoms with E-state index < -0.39 is 11.5 Å². The average Bonchev–Trinajstić information content (AvgIpc) is 2.58. The van der Waals surface area contributed by atoms with Crippen LogP contribution < -0.4 is 10.2 Å². The second-order valence-electron chi connectivity index (χ2n) is 3.80. The van der Waals surface area contributed by atoms with Crippen LogP contribution in [0, 0.1) is 0 Å². The van der Waals surface area contributed by atoms with Gasteiger partial charge in [0.1, 0.15) is 0 Å². The fourth-order valence-electron chi connectivity index (χ4n) is 1.17. The standard InChI is InChI=1S/2C6HCl5O.Ca/c2*7-1-2(8)4(10)6(12)5(11)3(1)9;/h2*12H;/q;;+2/p-2. The van der Waals surface area contributed by atoms with Crippen LogP contribution in [-0.2, 0) is 0 Å². The van der Waals surface area contributed by atoms with E-state index in [1.807, 2.05) is 0 Å². The zero-order chi connectivity index (χ0) is 18.9. The van der Waals surface area contributed by atoms with Crippen molar-refractivity contribution in [3.05, 3.63) is 50.2 Å². The molecular weight excluding hydrogens is 571 g/mol. The van der Waals surface area contributed by atoms with Gasteiger partial charge in [-0.1, -0.05) is 128 Å². The molecule has 0 saturated carbocycles. The Bertz CT molecular complexity index is 534. The minimum absolute atomic E-state index is 0. The predicted octanol–water partition coefficient (Wildman–Crippen LogP) is 7.67. The van der Waals surface area contributed by atoms with Gasteiger partial charge >= 0.3 is 37.7 Å². The molecule has 0 aromatic heterocycles. The van der Waals surface area contributed by atoms with Crippen LogP contribution in [0.4, 0.5) is 0 Å². The van der Waals surface area contributed by atoms with Gasteiger partial charge in [0.05, 0.1) is 50.2 Å². The summed E-state index contributed by atoms with van der Waals surface area (Å²) in [7, 11) is 0. The van der Waals surface area contributed by atoms with Crippen LogP contribution in [0.2, 0.25) is 50.2 Å². The third-order valence-electron chi connectivity index (χ3n) is 2.34. The maximum Gasteiger partial charge on any atom is 2.00 e. The Labute approximate surface area is 222 Å². The minimum Gasteiger partial charge on any atom is -0.870 e. The van der Waals surface area contributed by atoms with Crippen molar-refractivity contribution in [2.45, 2.75) is 0 Å². The van der Waals surface area contributed by atoms with E-state index in [9.17, 15) is 10.2 Å². The molecule has 2 nitrogen and oxygen atoms in total. The van der Waals surface area contributed by atoms with Crippen molar-refractivity contribution < 1.29 is 10.2 Å². The number of hydrogen-bond acceptors (Lipinski definition) is 2. The molecular formula is C12CaCl10O2. The topological polar surface area (TPSA) is 46.1 Å². The van der Waals surface area contributed by atoms with Crippen molar-refractivity contribution in [2.24, 2.45) is 0 Å². The van der Waals surface area contributed by atoms with Crippen LogP contribution in [0.25, 0.3) is 0 Å². The van der Waals surface area contributed by atoms with Gasteiger partial charge < -0.3 is 10.2 Å². The molecule has 0 aliphatic rings. The Balaban J connectivity index is 0.000000443. The second kappa shape index (κ2) is 11.4. The third-order valence-corrected chi connectivity index (χ3v) is 6.82. The Hall–Kier alpha value is 2.20. The maximum absolute atomic E-state index is 11.1. The summed E-state index contributed by atoms with van der Waals surface area (Å²) in [6.07, 6.45) is 0. The van der Waals surface area contributed by atoms with Gasteiger partial charge in [-0.05, 0) is 0 Å². The molecule has 0 saturated heterocycles. The SMILES string of the molecule is [Ca+2].[O-]c1c(Cl)c(Cl)c(Cl)c(Cl)c1Cl.[O-]c1c(Cl)c(Cl)c(Cl)c(Cl)c1Cl. The van der Waals surface area contributed by atoms with E-state index in [1.54, 1.807) is 0 Å². The van der Waals surface area contributed by atoms with Crippen LogP contribution in [0.1, 0.15) is 0 Å². The van der Waals surface area contributed by atoms with Crippen molar-refractivity contribution in [1.29, 1.82) is 0 Å². The largest absolute Gasteiger partial charge is 2.00 e. The van der Waals surface area contributed by atoms with Gasteiger partial charge in [-0.3, -0.25) is 0 Å². The summed E-state index contributed by atoms with van der Waals surface area (Å²) in [4.78, 5) is 0. The van der Waals surface area contributed by atoms with Crippen LogP contribution in [-0.4, -0.2) is 37.7 Å². The number of rotatable bonds is 0.